The van der Waals surface area contributed by atoms with Crippen LogP contribution in [0.15, 0.2) is 36.7 Å². The van der Waals surface area contributed by atoms with Crippen molar-refractivity contribution < 1.29 is 9.18 Å². The Labute approximate surface area is 152 Å². The normalized spacial score (nSPS) is 17.7. The quantitative estimate of drug-likeness (QED) is 0.845. The van der Waals surface area contributed by atoms with Gasteiger partial charge in [-0.2, -0.15) is 0 Å². The summed E-state index contributed by atoms with van der Waals surface area (Å²) in [6.45, 7) is 4.80. The first-order valence-electron chi connectivity index (χ1n) is 9.07. The number of benzene rings is 1. The van der Waals surface area contributed by atoms with Crippen LogP contribution in [0.3, 0.4) is 0 Å². The smallest absolute Gasteiger partial charge is 0.253 e. The third-order valence-electron chi connectivity index (χ3n) is 5.05. The van der Waals surface area contributed by atoms with Gasteiger partial charge in [-0.05, 0) is 37.1 Å². The molecule has 2 aliphatic rings. The van der Waals surface area contributed by atoms with Gasteiger partial charge < -0.3 is 14.7 Å². The molecule has 1 aromatic carbocycles. The van der Waals surface area contributed by atoms with Crippen LogP contribution in [0.4, 0.5) is 16.0 Å². The molecule has 0 aliphatic carbocycles. The molecule has 0 unspecified atom stereocenters. The number of nitrogens with zero attached hydrogens (tertiary/aromatic N) is 5. The molecule has 3 heterocycles. The van der Waals surface area contributed by atoms with Gasteiger partial charge in [0.2, 0.25) is 0 Å². The number of aromatic nitrogens is 2. The van der Waals surface area contributed by atoms with Crippen LogP contribution in [0.25, 0.3) is 0 Å². The fourth-order valence-electron chi connectivity index (χ4n) is 3.54. The Bertz CT molecular complexity index is 768. The number of carbonyl (C=O) groups excluding carboxylic acids is 1. The van der Waals surface area contributed by atoms with Crippen LogP contribution in [0.2, 0.25) is 0 Å². The lowest BCUT2D eigenvalue weighted by Crippen LogP contribution is -2.49. The number of halogens is 1. The molecular weight excluding hydrogens is 333 g/mol. The third kappa shape index (κ3) is 3.47. The minimum absolute atomic E-state index is 0.0508. The van der Waals surface area contributed by atoms with Gasteiger partial charge in [-0.15, -0.1) is 0 Å². The highest BCUT2D eigenvalue weighted by Crippen LogP contribution is 2.22. The molecule has 0 radical (unpaired) electrons. The molecule has 0 N–H and O–H groups in total. The van der Waals surface area contributed by atoms with Gasteiger partial charge in [0.15, 0.2) is 0 Å². The molecular formula is C19H22FN5O. The molecule has 7 heteroatoms. The van der Waals surface area contributed by atoms with E-state index >= 15 is 0 Å². The van der Waals surface area contributed by atoms with Crippen molar-refractivity contribution in [1.29, 1.82) is 0 Å². The minimum atomic E-state index is -0.330. The Morgan fingerprint density at radius 2 is 1.42 bits per heavy atom. The number of carbonyl (C=O) groups is 1. The van der Waals surface area contributed by atoms with Crippen molar-refractivity contribution in [1.82, 2.24) is 14.9 Å². The standard InChI is InChI=1S/C19H22FN5O/c20-16-5-3-15(4-6-16)19(26)25-11-9-24(10-12-25)18-13-17(21-14-22-18)23-7-1-2-8-23/h3-6,13-14H,1-2,7-12H2. The highest BCUT2D eigenvalue weighted by molar-refractivity contribution is 5.94. The van der Waals surface area contributed by atoms with Crippen LogP contribution < -0.4 is 9.80 Å². The van der Waals surface area contributed by atoms with Gasteiger partial charge in [0.05, 0.1) is 0 Å². The van der Waals surface area contributed by atoms with E-state index in [1.807, 2.05) is 11.0 Å². The second-order valence-electron chi connectivity index (χ2n) is 6.71. The first kappa shape index (κ1) is 16.8. The Morgan fingerprint density at radius 1 is 0.846 bits per heavy atom. The van der Waals surface area contributed by atoms with Crippen molar-refractivity contribution in [2.24, 2.45) is 0 Å². The maximum atomic E-state index is 13.0. The van der Waals surface area contributed by atoms with Crippen molar-refractivity contribution in [3.63, 3.8) is 0 Å². The maximum absolute atomic E-state index is 13.0. The molecule has 6 nitrogen and oxygen atoms in total. The summed E-state index contributed by atoms with van der Waals surface area (Å²) in [6.07, 6.45) is 4.05. The van der Waals surface area contributed by atoms with Gasteiger partial charge in [-0.1, -0.05) is 0 Å². The molecule has 2 fully saturated rings. The molecule has 0 saturated carbocycles. The SMILES string of the molecule is O=C(c1ccc(F)cc1)N1CCN(c2cc(N3CCCC3)ncn2)CC1. The summed E-state index contributed by atoms with van der Waals surface area (Å²) >= 11 is 0. The van der Waals surface area contributed by atoms with E-state index in [4.69, 9.17) is 0 Å². The molecule has 26 heavy (non-hydrogen) atoms. The molecule has 1 aromatic heterocycles. The number of amides is 1. The summed E-state index contributed by atoms with van der Waals surface area (Å²) in [7, 11) is 0. The Balaban J connectivity index is 1.39. The molecule has 2 saturated heterocycles. The van der Waals surface area contributed by atoms with E-state index in [1.165, 1.54) is 37.1 Å². The van der Waals surface area contributed by atoms with Gasteiger partial charge in [0.25, 0.3) is 5.91 Å². The Morgan fingerprint density at radius 3 is 2.04 bits per heavy atom. The molecule has 0 atom stereocenters. The lowest BCUT2D eigenvalue weighted by Gasteiger charge is -2.35. The summed E-state index contributed by atoms with van der Waals surface area (Å²) in [5, 5.41) is 0. The average molecular weight is 355 g/mol. The van der Waals surface area contributed by atoms with E-state index in [0.717, 1.165) is 37.8 Å². The lowest BCUT2D eigenvalue weighted by atomic mass is 10.2. The Kier molecular flexibility index (Phi) is 4.69. The predicted molar refractivity (Wildman–Crippen MR) is 98.0 cm³/mol. The molecule has 0 spiro atoms. The molecule has 4 rings (SSSR count). The van der Waals surface area contributed by atoms with E-state index in [9.17, 15) is 9.18 Å². The average Bonchev–Trinajstić information content (AvgIpc) is 3.23. The zero-order valence-corrected chi connectivity index (χ0v) is 14.6. The molecule has 2 aromatic rings. The van der Waals surface area contributed by atoms with E-state index in [0.29, 0.717) is 18.7 Å². The highest BCUT2D eigenvalue weighted by atomic mass is 19.1. The van der Waals surface area contributed by atoms with E-state index < -0.39 is 0 Å². The summed E-state index contributed by atoms with van der Waals surface area (Å²) in [6, 6.07) is 7.77. The van der Waals surface area contributed by atoms with Crippen molar-refractivity contribution in [3.05, 3.63) is 48.0 Å². The monoisotopic (exact) mass is 355 g/mol. The van der Waals surface area contributed by atoms with E-state index in [-0.39, 0.29) is 11.7 Å². The molecule has 1 amide bonds. The maximum Gasteiger partial charge on any atom is 0.253 e. The third-order valence-corrected chi connectivity index (χ3v) is 5.05. The number of rotatable bonds is 3. The predicted octanol–water partition coefficient (Wildman–Crippen LogP) is 2.18. The summed E-state index contributed by atoms with van der Waals surface area (Å²) in [5.74, 6) is 1.52. The molecule has 2 aliphatic heterocycles. The van der Waals surface area contributed by atoms with Gasteiger partial charge in [0.1, 0.15) is 23.8 Å². The topological polar surface area (TPSA) is 52.6 Å². The fourth-order valence-corrected chi connectivity index (χ4v) is 3.54. The molecule has 136 valence electrons. The van der Waals surface area contributed by atoms with E-state index in [2.05, 4.69) is 19.8 Å². The van der Waals surface area contributed by atoms with Gasteiger partial charge in [0, 0.05) is 50.9 Å². The van der Waals surface area contributed by atoms with Crippen molar-refractivity contribution in [2.45, 2.75) is 12.8 Å². The zero-order valence-electron chi connectivity index (χ0n) is 14.6. The molecule has 0 bridgehead atoms. The van der Waals surface area contributed by atoms with Crippen LogP contribution in [0.1, 0.15) is 23.2 Å². The van der Waals surface area contributed by atoms with Crippen molar-refractivity contribution in [3.8, 4) is 0 Å². The largest absolute Gasteiger partial charge is 0.356 e. The first-order valence-corrected chi connectivity index (χ1v) is 9.07. The van der Waals surface area contributed by atoms with Crippen LogP contribution in [0.5, 0.6) is 0 Å². The number of hydrogen-bond donors (Lipinski definition) is 0. The highest BCUT2D eigenvalue weighted by Gasteiger charge is 2.24. The zero-order chi connectivity index (χ0) is 17.9. The number of hydrogen-bond acceptors (Lipinski definition) is 5. The van der Waals surface area contributed by atoms with Crippen molar-refractivity contribution in [2.75, 3.05) is 49.1 Å². The number of anilines is 2. The van der Waals surface area contributed by atoms with Crippen molar-refractivity contribution >= 4 is 17.5 Å². The Hall–Kier alpha value is -2.70. The second-order valence-corrected chi connectivity index (χ2v) is 6.71. The fraction of sp³-hybridized carbons (Fsp3) is 0.421. The number of piperazine rings is 1. The summed E-state index contributed by atoms with van der Waals surface area (Å²) in [4.78, 5) is 27.6. The van der Waals surface area contributed by atoms with Crippen LogP contribution >= 0.6 is 0 Å². The van der Waals surface area contributed by atoms with Gasteiger partial charge in [-0.3, -0.25) is 4.79 Å². The second kappa shape index (κ2) is 7.27. The first-order chi connectivity index (χ1) is 12.7. The van der Waals surface area contributed by atoms with Crippen LogP contribution in [0, 0.1) is 5.82 Å². The summed E-state index contributed by atoms with van der Waals surface area (Å²) < 4.78 is 13.0. The van der Waals surface area contributed by atoms with Gasteiger partial charge in [-0.25, -0.2) is 14.4 Å². The van der Waals surface area contributed by atoms with Gasteiger partial charge >= 0.3 is 0 Å². The minimum Gasteiger partial charge on any atom is -0.356 e. The van der Waals surface area contributed by atoms with E-state index in [1.54, 1.807) is 6.33 Å². The van der Waals surface area contributed by atoms with Crippen LogP contribution in [-0.2, 0) is 0 Å². The van der Waals surface area contributed by atoms with Crippen LogP contribution in [-0.4, -0.2) is 60.0 Å². The lowest BCUT2D eigenvalue weighted by molar-refractivity contribution is 0.0746. The summed E-state index contributed by atoms with van der Waals surface area (Å²) in [5.41, 5.74) is 0.526.